The van der Waals surface area contributed by atoms with Gasteiger partial charge in [0.1, 0.15) is 17.2 Å². The van der Waals surface area contributed by atoms with Gasteiger partial charge < -0.3 is 24.8 Å². The number of fused-ring (bicyclic) bond motifs is 1. The Bertz CT molecular complexity index is 837. The lowest BCUT2D eigenvalue weighted by atomic mass is 10.1. The van der Waals surface area contributed by atoms with Crippen molar-refractivity contribution in [3.63, 3.8) is 0 Å². The maximum Gasteiger partial charge on any atom is 0.266 e. The zero-order valence-corrected chi connectivity index (χ0v) is 15.3. The fraction of sp³-hybridized carbons (Fsp3) is 0.300. The predicted octanol–water partition coefficient (Wildman–Crippen LogP) is 2.15. The second kappa shape index (κ2) is 8.44. The summed E-state index contributed by atoms with van der Waals surface area (Å²) in [4.78, 5) is 24.3. The van der Waals surface area contributed by atoms with Crippen LogP contribution in [0.25, 0.3) is 0 Å². The van der Waals surface area contributed by atoms with Gasteiger partial charge in [-0.3, -0.25) is 9.59 Å². The Balaban J connectivity index is 1.51. The lowest BCUT2D eigenvalue weighted by Crippen LogP contribution is -2.41. The van der Waals surface area contributed by atoms with E-state index in [1.54, 1.807) is 32.4 Å². The molecular formula is C20H22N2O5. The Morgan fingerprint density at radius 3 is 2.78 bits per heavy atom. The van der Waals surface area contributed by atoms with Gasteiger partial charge in [-0.05, 0) is 30.2 Å². The van der Waals surface area contributed by atoms with Crippen molar-refractivity contribution in [3.8, 4) is 17.2 Å². The first-order valence-corrected chi connectivity index (χ1v) is 8.65. The Kier molecular flexibility index (Phi) is 5.80. The van der Waals surface area contributed by atoms with E-state index in [0.717, 1.165) is 5.56 Å². The summed E-state index contributed by atoms with van der Waals surface area (Å²) < 4.78 is 16.2. The van der Waals surface area contributed by atoms with Gasteiger partial charge in [0.25, 0.3) is 5.91 Å². The average molecular weight is 370 g/mol. The average Bonchev–Trinajstić information content (AvgIpc) is 2.68. The van der Waals surface area contributed by atoms with Crippen LogP contribution in [0.1, 0.15) is 12.0 Å². The van der Waals surface area contributed by atoms with Crippen molar-refractivity contribution in [1.29, 1.82) is 0 Å². The van der Waals surface area contributed by atoms with E-state index in [9.17, 15) is 9.59 Å². The number of anilines is 1. The van der Waals surface area contributed by atoms with Crippen molar-refractivity contribution in [2.75, 3.05) is 26.1 Å². The number of nitrogens with one attached hydrogen (secondary N) is 2. The van der Waals surface area contributed by atoms with Crippen molar-refractivity contribution < 1.29 is 23.8 Å². The maximum atomic E-state index is 12.2. The summed E-state index contributed by atoms with van der Waals surface area (Å²) >= 11 is 0. The molecule has 0 unspecified atom stereocenters. The molecule has 3 rings (SSSR count). The van der Waals surface area contributed by atoms with Gasteiger partial charge in [-0.15, -0.1) is 0 Å². The molecule has 142 valence electrons. The molecule has 0 aromatic heterocycles. The maximum absolute atomic E-state index is 12.2. The molecule has 7 heteroatoms. The third-order valence-corrected chi connectivity index (χ3v) is 4.29. The molecule has 1 aliphatic heterocycles. The third-order valence-electron chi connectivity index (χ3n) is 4.29. The van der Waals surface area contributed by atoms with Crippen LogP contribution in [0.4, 0.5) is 5.69 Å². The van der Waals surface area contributed by atoms with E-state index in [1.165, 1.54) is 0 Å². The molecule has 1 atom stereocenters. The highest BCUT2D eigenvalue weighted by molar-refractivity contribution is 5.99. The van der Waals surface area contributed by atoms with Gasteiger partial charge in [0.05, 0.1) is 26.3 Å². The second-order valence-corrected chi connectivity index (χ2v) is 6.07. The first-order valence-electron chi connectivity index (χ1n) is 8.65. The van der Waals surface area contributed by atoms with Crippen molar-refractivity contribution in [2.45, 2.75) is 18.9 Å². The normalized spacial score (nSPS) is 15.2. The highest BCUT2D eigenvalue weighted by atomic mass is 16.5. The molecule has 2 amide bonds. The van der Waals surface area contributed by atoms with Crippen molar-refractivity contribution in [2.24, 2.45) is 0 Å². The second-order valence-electron chi connectivity index (χ2n) is 6.07. The molecule has 1 heterocycles. The quantitative estimate of drug-likeness (QED) is 0.780. The highest BCUT2D eigenvalue weighted by Crippen LogP contribution is 2.29. The van der Waals surface area contributed by atoms with Crippen molar-refractivity contribution >= 4 is 17.5 Å². The minimum atomic E-state index is -0.838. The van der Waals surface area contributed by atoms with E-state index in [4.69, 9.17) is 14.2 Å². The molecule has 0 saturated heterocycles. The standard InChI is InChI=1S/C20H22N2O5/c1-25-14-8-7-13(17(11-14)26-2)9-10-21-19(23)12-18-20(24)22-15-5-3-4-6-16(15)27-18/h3-8,11,18H,9-10,12H2,1-2H3,(H,21,23)(H,22,24)/t18-/m1/s1. The highest BCUT2D eigenvalue weighted by Gasteiger charge is 2.29. The molecule has 2 N–H and O–H groups in total. The van der Waals surface area contributed by atoms with Gasteiger partial charge in [0.15, 0.2) is 6.10 Å². The number of methoxy groups -OCH3 is 2. The molecule has 0 spiro atoms. The molecule has 7 nitrogen and oxygen atoms in total. The number of carbonyl (C=O) groups excluding carboxylic acids is 2. The Morgan fingerprint density at radius 1 is 1.19 bits per heavy atom. The zero-order chi connectivity index (χ0) is 19.2. The summed E-state index contributed by atoms with van der Waals surface area (Å²) in [5, 5.41) is 5.57. The number of hydrogen-bond acceptors (Lipinski definition) is 5. The smallest absolute Gasteiger partial charge is 0.266 e. The predicted molar refractivity (Wildman–Crippen MR) is 100 cm³/mol. The van der Waals surface area contributed by atoms with Crippen LogP contribution in [0.15, 0.2) is 42.5 Å². The number of hydrogen-bond donors (Lipinski definition) is 2. The zero-order valence-electron chi connectivity index (χ0n) is 15.3. The van der Waals surface area contributed by atoms with Gasteiger partial charge >= 0.3 is 0 Å². The first kappa shape index (κ1) is 18.6. The van der Waals surface area contributed by atoms with E-state index in [0.29, 0.717) is 35.9 Å². The number of para-hydroxylation sites is 2. The number of amides is 2. The minimum Gasteiger partial charge on any atom is -0.497 e. The molecule has 0 aliphatic carbocycles. The van der Waals surface area contributed by atoms with Gasteiger partial charge in [-0.1, -0.05) is 18.2 Å². The van der Waals surface area contributed by atoms with Crippen LogP contribution in [0.3, 0.4) is 0 Å². The monoisotopic (exact) mass is 370 g/mol. The van der Waals surface area contributed by atoms with E-state index < -0.39 is 6.10 Å². The van der Waals surface area contributed by atoms with Crippen LogP contribution >= 0.6 is 0 Å². The molecule has 1 aliphatic rings. The summed E-state index contributed by atoms with van der Waals surface area (Å²) in [6, 6.07) is 12.7. The summed E-state index contributed by atoms with van der Waals surface area (Å²) in [5.41, 5.74) is 1.57. The van der Waals surface area contributed by atoms with Crippen LogP contribution in [-0.2, 0) is 16.0 Å². The van der Waals surface area contributed by atoms with Gasteiger partial charge in [-0.2, -0.15) is 0 Å². The van der Waals surface area contributed by atoms with Gasteiger partial charge in [0, 0.05) is 12.6 Å². The van der Waals surface area contributed by atoms with Crippen LogP contribution in [0.2, 0.25) is 0 Å². The van der Waals surface area contributed by atoms with Crippen LogP contribution < -0.4 is 24.8 Å². The topological polar surface area (TPSA) is 85.9 Å². The number of rotatable bonds is 7. The van der Waals surface area contributed by atoms with E-state index in [1.807, 2.05) is 24.3 Å². The molecule has 0 saturated carbocycles. The fourth-order valence-corrected chi connectivity index (χ4v) is 2.86. The molecule has 27 heavy (non-hydrogen) atoms. The summed E-state index contributed by atoms with van der Waals surface area (Å²) in [7, 11) is 3.18. The summed E-state index contributed by atoms with van der Waals surface area (Å²) in [6.45, 7) is 0.423. The Labute approximate surface area is 157 Å². The van der Waals surface area contributed by atoms with Crippen molar-refractivity contribution in [1.82, 2.24) is 5.32 Å². The summed E-state index contributed by atoms with van der Waals surface area (Å²) in [5.74, 6) is 1.41. The Hall–Kier alpha value is -3.22. The largest absolute Gasteiger partial charge is 0.497 e. The van der Waals surface area contributed by atoms with E-state index in [2.05, 4.69) is 10.6 Å². The Morgan fingerprint density at radius 2 is 2.00 bits per heavy atom. The number of benzene rings is 2. The molecular weight excluding hydrogens is 348 g/mol. The van der Waals surface area contributed by atoms with Crippen LogP contribution in [0.5, 0.6) is 17.2 Å². The lowest BCUT2D eigenvalue weighted by molar-refractivity contribution is -0.130. The number of carbonyl (C=O) groups is 2. The van der Waals surface area contributed by atoms with E-state index >= 15 is 0 Å². The summed E-state index contributed by atoms with van der Waals surface area (Å²) in [6.07, 6.45) is -0.283. The first-order chi connectivity index (χ1) is 13.1. The molecule has 0 radical (unpaired) electrons. The molecule has 2 aromatic rings. The van der Waals surface area contributed by atoms with Crippen LogP contribution in [0, 0.1) is 0 Å². The van der Waals surface area contributed by atoms with Crippen molar-refractivity contribution in [3.05, 3.63) is 48.0 Å². The van der Waals surface area contributed by atoms with Crippen LogP contribution in [-0.4, -0.2) is 38.7 Å². The molecule has 0 fully saturated rings. The third kappa shape index (κ3) is 4.49. The SMILES string of the molecule is COc1ccc(CCNC(=O)C[C@H]2Oc3ccccc3NC2=O)c(OC)c1. The fourth-order valence-electron chi connectivity index (χ4n) is 2.86. The minimum absolute atomic E-state index is 0.0418. The molecule has 0 bridgehead atoms. The van der Waals surface area contributed by atoms with Gasteiger partial charge in [-0.25, -0.2) is 0 Å². The molecule has 2 aromatic carbocycles. The van der Waals surface area contributed by atoms with Gasteiger partial charge in [0.2, 0.25) is 5.91 Å². The van der Waals surface area contributed by atoms with E-state index in [-0.39, 0.29) is 18.2 Å². The lowest BCUT2D eigenvalue weighted by Gasteiger charge is -2.25. The number of ether oxygens (including phenoxy) is 3.